The van der Waals surface area contributed by atoms with Gasteiger partial charge in [-0.05, 0) is 0 Å². The summed E-state index contributed by atoms with van der Waals surface area (Å²) in [6, 6.07) is 0. The van der Waals surface area contributed by atoms with Crippen LogP contribution >= 0.6 is 0 Å². The molecule has 0 aromatic heterocycles. The third-order valence-electron chi connectivity index (χ3n) is 3.88. The molecule has 0 saturated carbocycles. The molecule has 26 heavy (non-hydrogen) atoms. The lowest BCUT2D eigenvalue weighted by atomic mass is 10.0. The number of carbonyl (C=O) groups excluding carboxylic acids is 2. The van der Waals surface area contributed by atoms with Crippen LogP contribution in [0.3, 0.4) is 0 Å². The maximum Gasteiger partial charge on any atom is 0.634 e. The minimum atomic E-state index is -4.51. The zero-order valence-corrected chi connectivity index (χ0v) is 13.7. The van der Waals surface area contributed by atoms with Crippen molar-refractivity contribution in [1.29, 1.82) is 0 Å². The Morgan fingerprint density at radius 3 is 1.85 bits per heavy atom. The minimum Gasteiger partial charge on any atom is -0.402 e. The molecule has 4 rings (SSSR count). The molecule has 3 heterocycles. The molecular weight excluding hydrogens is 358 g/mol. The molecule has 8 nitrogen and oxygen atoms in total. The van der Waals surface area contributed by atoms with Gasteiger partial charge in [0.2, 0.25) is 11.6 Å². The van der Waals surface area contributed by atoms with Crippen LogP contribution in [0, 0.1) is 0 Å². The van der Waals surface area contributed by atoms with E-state index in [1.54, 1.807) is 0 Å². The van der Waals surface area contributed by atoms with Gasteiger partial charge in [-0.15, -0.1) is 0 Å². The summed E-state index contributed by atoms with van der Waals surface area (Å²) in [5, 5.41) is 15.5. The average Bonchev–Trinajstić information content (AvgIpc) is 3.34. The smallest absolute Gasteiger partial charge is 0.402 e. The molecule has 3 fully saturated rings. The van der Waals surface area contributed by atoms with Gasteiger partial charge in [-0.25, -0.2) is 0 Å². The number of rotatable bonds is 5. The first-order valence-electron chi connectivity index (χ1n) is 8.02. The van der Waals surface area contributed by atoms with Crippen molar-refractivity contribution < 1.29 is 37.5 Å². The highest BCUT2D eigenvalue weighted by Crippen LogP contribution is 2.33. The van der Waals surface area contributed by atoms with Crippen LogP contribution in [0.4, 0.5) is 13.2 Å². The lowest BCUT2D eigenvalue weighted by Crippen LogP contribution is -2.29. The maximum absolute atomic E-state index is 12.4. The summed E-state index contributed by atoms with van der Waals surface area (Å²) in [6.07, 6.45) is -2.99. The van der Waals surface area contributed by atoms with Crippen molar-refractivity contribution >= 4 is 18.9 Å². The van der Waals surface area contributed by atoms with Crippen LogP contribution in [0.25, 0.3) is 0 Å². The van der Waals surface area contributed by atoms with Crippen LogP contribution < -0.4 is 0 Å². The van der Waals surface area contributed by atoms with E-state index in [0.717, 1.165) is 39.3 Å². The second-order valence-corrected chi connectivity index (χ2v) is 6.13. The molecule has 0 unspecified atom stereocenters. The number of hydrogen-bond acceptors (Lipinski definition) is 8. The molecule has 0 aromatic rings. The molecule has 0 radical (unpaired) electrons. The van der Waals surface area contributed by atoms with Crippen LogP contribution in [0.5, 0.6) is 0 Å². The van der Waals surface area contributed by atoms with Gasteiger partial charge in [-0.1, -0.05) is 0 Å². The summed E-state index contributed by atoms with van der Waals surface area (Å²) in [5.41, 5.74) is 1.89. The van der Waals surface area contributed by atoms with E-state index in [2.05, 4.69) is 4.65 Å². The predicted molar refractivity (Wildman–Crippen MR) is 82.0 cm³/mol. The van der Waals surface area contributed by atoms with Gasteiger partial charge in [0, 0.05) is 45.3 Å². The number of hydrogen-bond donors (Lipinski definition) is 2. The molecule has 2 N–H and O–H groups in total. The van der Waals surface area contributed by atoms with Crippen LogP contribution in [-0.4, -0.2) is 95.7 Å². The van der Waals surface area contributed by atoms with Crippen LogP contribution in [0.1, 0.15) is 0 Å². The highest BCUT2D eigenvalue weighted by Gasteiger charge is 2.43. The van der Waals surface area contributed by atoms with Crippen molar-refractivity contribution in [1.82, 2.24) is 14.7 Å². The number of alkyl halides is 3. The zero-order valence-electron chi connectivity index (χ0n) is 13.7. The SMILES string of the molecule is O=C1C=C(N2CC2)C(=O)C(N2CC2)=C1N1CC1.OB(O)OCC(F)(F)F. The molecule has 0 amide bonds. The Labute approximate surface area is 147 Å². The number of halogens is 3. The van der Waals surface area contributed by atoms with Gasteiger partial charge < -0.3 is 29.4 Å². The molecule has 12 heteroatoms. The first kappa shape index (κ1) is 18.7. The van der Waals surface area contributed by atoms with E-state index in [1.807, 2.05) is 14.7 Å². The monoisotopic (exact) mass is 375 g/mol. The number of carbonyl (C=O) groups is 2. The standard InChI is InChI=1S/C12H13N3O2.C2H4BF3O3/c16-9-7-8(13-1-2-13)12(17)11(15-5-6-15)10(9)14-3-4-14;4-2(5,6)1-9-3(7)8/h7H,1-6H2;7-8H,1H2. The highest BCUT2D eigenvalue weighted by molar-refractivity contribution is 6.32. The third-order valence-corrected chi connectivity index (χ3v) is 3.88. The molecule has 3 aliphatic heterocycles. The number of ketones is 2. The third kappa shape index (κ3) is 4.77. The molecule has 0 bridgehead atoms. The van der Waals surface area contributed by atoms with E-state index in [4.69, 9.17) is 10.0 Å². The molecule has 0 spiro atoms. The summed E-state index contributed by atoms with van der Waals surface area (Å²) >= 11 is 0. The molecule has 4 aliphatic rings. The summed E-state index contributed by atoms with van der Waals surface area (Å²) < 4.78 is 36.6. The van der Waals surface area contributed by atoms with Gasteiger partial charge in [-0.3, -0.25) is 9.59 Å². The number of nitrogens with zero attached hydrogens (tertiary/aromatic N) is 3. The molecule has 142 valence electrons. The van der Waals surface area contributed by atoms with Gasteiger partial charge in [0.1, 0.15) is 18.0 Å². The van der Waals surface area contributed by atoms with E-state index in [-0.39, 0.29) is 11.6 Å². The Hall–Kier alpha value is -2.05. The average molecular weight is 375 g/mol. The Bertz CT molecular complexity index is 667. The number of allylic oxidation sites excluding steroid dienone is 1. The molecular formula is C14H17BF3N3O5. The van der Waals surface area contributed by atoms with E-state index < -0.39 is 20.1 Å². The zero-order chi connectivity index (χ0) is 19.1. The summed E-state index contributed by atoms with van der Waals surface area (Å²) in [4.78, 5) is 30.5. The highest BCUT2D eigenvalue weighted by atomic mass is 19.4. The lowest BCUT2D eigenvalue weighted by molar-refractivity contribution is -0.159. The maximum atomic E-state index is 12.4. The number of Topliss-reactive ketones (excluding diaryl/α,β-unsaturated/α-hetero) is 1. The van der Waals surface area contributed by atoms with Crippen molar-refractivity contribution in [2.45, 2.75) is 6.18 Å². The van der Waals surface area contributed by atoms with Crippen molar-refractivity contribution in [3.8, 4) is 0 Å². The fraction of sp³-hybridized carbons (Fsp3) is 0.571. The van der Waals surface area contributed by atoms with Crippen molar-refractivity contribution in [3.63, 3.8) is 0 Å². The Morgan fingerprint density at radius 1 is 0.962 bits per heavy atom. The van der Waals surface area contributed by atoms with Crippen molar-refractivity contribution in [3.05, 3.63) is 23.2 Å². The van der Waals surface area contributed by atoms with E-state index in [0.29, 0.717) is 17.1 Å². The molecule has 1 aliphatic carbocycles. The Kier molecular flexibility index (Phi) is 4.99. The van der Waals surface area contributed by atoms with Crippen LogP contribution in [-0.2, 0) is 14.2 Å². The second-order valence-electron chi connectivity index (χ2n) is 6.13. The van der Waals surface area contributed by atoms with Crippen LogP contribution in [0.15, 0.2) is 23.2 Å². The van der Waals surface area contributed by atoms with Crippen molar-refractivity contribution in [2.75, 3.05) is 45.9 Å². The quantitative estimate of drug-likeness (QED) is 0.349. The van der Waals surface area contributed by atoms with Crippen molar-refractivity contribution in [2.24, 2.45) is 0 Å². The molecule has 0 atom stereocenters. The lowest BCUT2D eigenvalue weighted by Gasteiger charge is -2.21. The fourth-order valence-corrected chi connectivity index (χ4v) is 2.44. The largest absolute Gasteiger partial charge is 0.634 e. The normalized spacial score (nSPS) is 21.4. The first-order valence-corrected chi connectivity index (χ1v) is 8.02. The van der Waals surface area contributed by atoms with Gasteiger partial charge in [-0.2, -0.15) is 13.2 Å². The second kappa shape index (κ2) is 6.93. The van der Waals surface area contributed by atoms with E-state index >= 15 is 0 Å². The van der Waals surface area contributed by atoms with Gasteiger partial charge in [0.15, 0.2) is 0 Å². The predicted octanol–water partition coefficient (Wildman–Crippen LogP) is -1.28. The summed E-state index contributed by atoms with van der Waals surface area (Å²) in [5.74, 6) is 0.0485. The van der Waals surface area contributed by atoms with E-state index in [1.165, 1.54) is 6.08 Å². The topological polar surface area (TPSA) is 92.9 Å². The fourth-order valence-electron chi connectivity index (χ4n) is 2.44. The van der Waals surface area contributed by atoms with Gasteiger partial charge >= 0.3 is 13.5 Å². The van der Waals surface area contributed by atoms with E-state index in [9.17, 15) is 22.8 Å². The van der Waals surface area contributed by atoms with Gasteiger partial charge in [0.25, 0.3) is 0 Å². The van der Waals surface area contributed by atoms with Crippen LogP contribution in [0.2, 0.25) is 0 Å². The molecule has 0 aromatic carbocycles. The Balaban J connectivity index is 0.000000188. The molecule has 3 saturated heterocycles. The minimum absolute atomic E-state index is 0.00546. The summed E-state index contributed by atoms with van der Waals surface area (Å²) in [6.45, 7) is 3.76. The summed E-state index contributed by atoms with van der Waals surface area (Å²) in [7, 11) is -2.35. The first-order chi connectivity index (χ1) is 12.2. The Morgan fingerprint density at radius 2 is 1.46 bits per heavy atom. The van der Waals surface area contributed by atoms with Gasteiger partial charge in [0.05, 0.1) is 5.70 Å².